The van der Waals surface area contributed by atoms with Crippen molar-refractivity contribution in [2.24, 2.45) is 0 Å². The van der Waals surface area contributed by atoms with Crippen molar-refractivity contribution >= 4 is 34.8 Å². The highest BCUT2D eigenvalue weighted by Crippen LogP contribution is 2.24. The number of carbonyl (C=O) groups is 2. The van der Waals surface area contributed by atoms with Gasteiger partial charge in [0.2, 0.25) is 0 Å². The van der Waals surface area contributed by atoms with E-state index in [0.717, 1.165) is 0 Å². The predicted molar refractivity (Wildman–Crippen MR) is 101 cm³/mol. The minimum absolute atomic E-state index is 0.0282. The lowest BCUT2D eigenvalue weighted by Crippen LogP contribution is -2.38. The molecule has 0 aliphatic rings. The number of halogens is 1. The standard InChI is InChI=1S/C18H18ClN3O5/c1-11-7-8-12(22(25)26)9-15(11)21-18(24)17(23)20-10-16(27-2)13-5-3-4-6-14(13)19/h3-9,16H,10H2,1-2H3,(H,20,23)(H,21,24). The third kappa shape index (κ3) is 5.25. The van der Waals surface area contributed by atoms with E-state index in [1.54, 1.807) is 31.2 Å². The van der Waals surface area contributed by atoms with E-state index in [2.05, 4.69) is 10.6 Å². The molecule has 27 heavy (non-hydrogen) atoms. The average Bonchev–Trinajstić information content (AvgIpc) is 2.64. The first kappa shape index (κ1) is 20.3. The highest BCUT2D eigenvalue weighted by molar-refractivity contribution is 6.39. The summed E-state index contributed by atoms with van der Waals surface area (Å²) in [5, 5.41) is 16.2. The second-order valence-corrected chi connectivity index (χ2v) is 6.07. The molecule has 2 aromatic rings. The molecule has 1 unspecified atom stereocenters. The summed E-state index contributed by atoms with van der Waals surface area (Å²) >= 11 is 6.11. The highest BCUT2D eigenvalue weighted by Gasteiger charge is 2.20. The molecular formula is C18H18ClN3O5. The van der Waals surface area contributed by atoms with Gasteiger partial charge in [-0.25, -0.2) is 0 Å². The van der Waals surface area contributed by atoms with Crippen molar-refractivity contribution in [2.75, 3.05) is 19.0 Å². The normalized spacial score (nSPS) is 11.5. The number of nitro groups is 1. The van der Waals surface area contributed by atoms with Crippen LogP contribution in [0.4, 0.5) is 11.4 Å². The quantitative estimate of drug-likeness (QED) is 0.446. The third-order valence-corrected chi connectivity index (χ3v) is 4.22. The number of nitrogens with one attached hydrogen (secondary N) is 2. The first-order valence-corrected chi connectivity index (χ1v) is 8.32. The minimum atomic E-state index is -0.937. The Bertz CT molecular complexity index is 872. The van der Waals surface area contributed by atoms with Gasteiger partial charge in [0.1, 0.15) is 6.10 Å². The van der Waals surface area contributed by atoms with Crippen LogP contribution in [0, 0.1) is 17.0 Å². The maximum Gasteiger partial charge on any atom is 0.313 e. The third-order valence-electron chi connectivity index (χ3n) is 3.87. The van der Waals surface area contributed by atoms with Gasteiger partial charge in [0, 0.05) is 36.4 Å². The number of aryl methyl sites for hydroxylation is 1. The second kappa shape index (κ2) is 9.11. The van der Waals surface area contributed by atoms with Gasteiger partial charge in [-0.2, -0.15) is 0 Å². The molecule has 0 fully saturated rings. The van der Waals surface area contributed by atoms with Crippen LogP contribution in [0.15, 0.2) is 42.5 Å². The number of non-ortho nitro benzene ring substituents is 1. The number of benzene rings is 2. The number of amides is 2. The average molecular weight is 392 g/mol. The van der Waals surface area contributed by atoms with Crippen molar-refractivity contribution in [1.82, 2.24) is 5.32 Å². The van der Waals surface area contributed by atoms with Gasteiger partial charge in [-0.15, -0.1) is 0 Å². The van der Waals surface area contributed by atoms with Crippen LogP contribution in [0.2, 0.25) is 5.02 Å². The summed E-state index contributed by atoms with van der Waals surface area (Å²) in [6.45, 7) is 1.69. The Kier molecular flexibility index (Phi) is 6.86. The van der Waals surface area contributed by atoms with E-state index >= 15 is 0 Å². The van der Waals surface area contributed by atoms with E-state index < -0.39 is 22.8 Å². The molecule has 2 rings (SSSR count). The summed E-state index contributed by atoms with van der Waals surface area (Å²) in [5.74, 6) is -1.83. The van der Waals surface area contributed by atoms with Gasteiger partial charge in [-0.05, 0) is 18.6 Å². The largest absolute Gasteiger partial charge is 0.375 e. The highest BCUT2D eigenvalue weighted by atomic mass is 35.5. The Morgan fingerprint density at radius 3 is 2.56 bits per heavy atom. The Morgan fingerprint density at radius 2 is 1.93 bits per heavy atom. The van der Waals surface area contributed by atoms with E-state index in [1.165, 1.54) is 25.3 Å². The van der Waals surface area contributed by atoms with Crippen LogP contribution in [0.5, 0.6) is 0 Å². The Labute approximate surface area is 160 Å². The fraction of sp³-hybridized carbons (Fsp3) is 0.222. The number of methoxy groups -OCH3 is 1. The number of nitrogens with zero attached hydrogens (tertiary/aromatic N) is 1. The Hall–Kier alpha value is -2.97. The lowest BCUT2D eigenvalue weighted by atomic mass is 10.1. The SMILES string of the molecule is COC(CNC(=O)C(=O)Nc1cc([N+](=O)[O-])ccc1C)c1ccccc1Cl. The van der Waals surface area contributed by atoms with Crippen LogP contribution < -0.4 is 10.6 Å². The number of anilines is 1. The van der Waals surface area contributed by atoms with Crippen molar-refractivity contribution < 1.29 is 19.2 Å². The van der Waals surface area contributed by atoms with Crippen LogP contribution in [-0.2, 0) is 14.3 Å². The Balaban J connectivity index is 2.02. The minimum Gasteiger partial charge on any atom is -0.375 e. The zero-order valence-corrected chi connectivity index (χ0v) is 15.4. The van der Waals surface area contributed by atoms with Gasteiger partial charge < -0.3 is 15.4 Å². The summed E-state index contributed by atoms with van der Waals surface area (Å²) in [6, 6.07) is 11.0. The molecule has 0 aliphatic heterocycles. The maximum atomic E-state index is 12.1. The molecule has 0 radical (unpaired) electrons. The Morgan fingerprint density at radius 1 is 1.22 bits per heavy atom. The molecule has 2 amide bonds. The monoisotopic (exact) mass is 391 g/mol. The smallest absolute Gasteiger partial charge is 0.313 e. The van der Waals surface area contributed by atoms with Crippen molar-refractivity contribution in [3.63, 3.8) is 0 Å². The second-order valence-electron chi connectivity index (χ2n) is 5.67. The van der Waals surface area contributed by atoms with Crippen LogP contribution >= 0.6 is 11.6 Å². The molecule has 2 N–H and O–H groups in total. The van der Waals surface area contributed by atoms with Gasteiger partial charge in [0.05, 0.1) is 10.6 Å². The van der Waals surface area contributed by atoms with Crippen LogP contribution in [0.25, 0.3) is 0 Å². The lowest BCUT2D eigenvalue weighted by Gasteiger charge is -2.17. The number of hydrogen-bond donors (Lipinski definition) is 2. The fourth-order valence-electron chi connectivity index (χ4n) is 2.36. The number of ether oxygens (including phenoxy) is 1. The maximum absolute atomic E-state index is 12.1. The van der Waals surface area contributed by atoms with Gasteiger partial charge in [-0.1, -0.05) is 35.9 Å². The van der Waals surface area contributed by atoms with Crippen molar-refractivity contribution in [1.29, 1.82) is 0 Å². The summed E-state index contributed by atoms with van der Waals surface area (Å²) in [4.78, 5) is 34.4. The molecule has 0 saturated carbocycles. The van der Waals surface area contributed by atoms with Crippen LogP contribution in [0.3, 0.4) is 0 Å². The van der Waals surface area contributed by atoms with Gasteiger partial charge in [0.25, 0.3) is 5.69 Å². The van der Waals surface area contributed by atoms with E-state index in [0.29, 0.717) is 16.1 Å². The van der Waals surface area contributed by atoms with E-state index in [4.69, 9.17) is 16.3 Å². The molecule has 2 aromatic carbocycles. The molecule has 0 saturated heterocycles. The molecular weight excluding hydrogens is 374 g/mol. The molecule has 0 aliphatic carbocycles. The molecule has 0 aromatic heterocycles. The van der Waals surface area contributed by atoms with Gasteiger partial charge in [0.15, 0.2) is 0 Å². The molecule has 142 valence electrons. The van der Waals surface area contributed by atoms with E-state index in [-0.39, 0.29) is 17.9 Å². The molecule has 9 heteroatoms. The molecule has 8 nitrogen and oxygen atoms in total. The van der Waals surface area contributed by atoms with Gasteiger partial charge in [-0.3, -0.25) is 19.7 Å². The van der Waals surface area contributed by atoms with Gasteiger partial charge >= 0.3 is 11.8 Å². The number of hydrogen-bond acceptors (Lipinski definition) is 5. The zero-order valence-electron chi connectivity index (χ0n) is 14.7. The lowest BCUT2D eigenvalue weighted by molar-refractivity contribution is -0.384. The predicted octanol–water partition coefficient (Wildman–Crippen LogP) is 3.00. The van der Waals surface area contributed by atoms with E-state index in [9.17, 15) is 19.7 Å². The molecule has 0 bridgehead atoms. The number of rotatable bonds is 6. The molecule has 0 spiro atoms. The summed E-state index contributed by atoms with van der Waals surface area (Å²) in [5.41, 5.74) is 1.28. The number of nitro benzene ring substituents is 1. The fourth-order valence-corrected chi connectivity index (χ4v) is 2.62. The summed E-state index contributed by atoms with van der Waals surface area (Å²) < 4.78 is 5.32. The van der Waals surface area contributed by atoms with Crippen LogP contribution in [0.1, 0.15) is 17.2 Å². The van der Waals surface area contributed by atoms with E-state index in [1.807, 2.05) is 0 Å². The molecule has 1 atom stereocenters. The molecule has 0 heterocycles. The topological polar surface area (TPSA) is 111 Å². The van der Waals surface area contributed by atoms with Crippen LogP contribution in [-0.4, -0.2) is 30.4 Å². The van der Waals surface area contributed by atoms with Crippen molar-refractivity contribution in [3.8, 4) is 0 Å². The summed E-state index contributed by atoms with van der Waals surface area (Å²) in [6.07, 6.45) is -0.532. The first-order valence-electron chi connectivity index (χ1n) is 7.95. The first-order chi connectivity index (χ1) is 12.8. The number of carbonyl (C=O) groups excluding carboxylic acids is 2. The summed E-state index contributed by atoms with van der Waals surface area (Å²) in [7, 11) is 1.46. The van der Waals surface area contributed by atoms with Crippen molar-refractivity contribution in [3.05, 3.63) is 68.7 Å². The zero-order chi connectivity index (χ0) is 20.0. The van der Waals surface area contributed by atoms with Crippen molar-refractivity contribution in [2.45, 2.75) is 13.0 Å².